The van der Waals surface area contributed by atoms with Crippen LogP contribution in [-0.2, 0) is 48.1 Å². The predicted octanol–water partition coefficient (Wildman–Crippen LogP) is 4.89. The minimum Gasteiger partial charge on any atom is -0.508 e. The third-order valence-corrected chi connectivity index (χ3v) is 12.9. The number of likely N-dealkylation sites (tertiary alicyclic amines) is 1. The first-order valence-electron chi connectivity index (χ1n) is 22.2. The molecule has 4 N–H and O–H groups in total. The zero-order chi connectivity index (χ0) is 46.2. The summed E-state index contributed by atoms with van der Waals surface area (Å²) < 4.78 is 8.19. The quantitative estimate of drug-likeness (QED) is 0.140. The van der Waals surface area contributed by atoms with E-state index in [-0.39, 0.29) is 62.4 Å². The summed E-state index contributed by atoms with van der Waals surface area (Å²) in [7, 11) is 1.55. The van der Waals surface area contributed by atoms with E-state index < -0.39 is 46.9 Å². The second-order valence-electron chi connectivity index (χ2n) is 18.7. The number of hydrogen-bond acceptors (Lipinski definition) is 10. The number of pyridine rings is 1. The maximum Gasteiger partial charge on any atom is 0.355 e. The Morgan fingerprint density at radius 1 is 1.11 bits per heavy atom. The standard InChI is InChI=1S/C49H61N7O8/c1-9-41(58)54-19-15-33(27-54)45(60)53(8)42(29(3)4)44(59)51-39-22-31-20-34(23-35(57)21-31)32-12-13-40-36(24-32)37(43(55(40)10-2)38-26-50-17-14-30(38)5)25-48(6,7)28-64-47(62)49(63)16-11-18-56(52-49)46(39)61/h9,12-14,17,20-21,23-24,26,29,33,39,42,52,57,63H,1,10-11,15-16,18-19,22,25,27-28H2,2-8H3,(H,51,59)/t33-,39-,42-,49-/m0/s1. The number of esters is 1. The van der Waals surface area contributed by atoms with Gasteiger partial charge in [0.1, 0.15) is 17.8 Å². The molecule has 0 unspecified atom stereocenters. The van der Waals surface area contributed by atoms with Crippen LogP contribution in [0.3, 0.4) is 0 Å². The Hall–Kier alpha value is -6.06. The molecule has 2 aromatic heterocycles. The number of likely N-dealkylation sites (N-methyl/N-ethyl adjacent to an activating group) is 1. The van der Waals surface area contributed by atoms with Gasteiger partial charge in [0.15, 0.2) is 0 Å². The van der Waals surface area contributed by atoms with Gasteiger partial charge in [-0.3, -0.25) is 29.2 Å². The topological polar surface area (TPSA) is 187 Å². The van der Waals surface area contributed by atoms with Crippen LogP contribution in [0.15, 0.2) is 67.5 Å². The molecule has 0 spiro atoms. The summed E-state index contributed by atoms with van der Waals surface area (Å²) >= 11 is 0. The van der Waals surface area contributed by atoms with E-state index in [1.54, 1.807) is 44.1 Å². The van der Waals surface area contributed by atoms with Crippen molar-refractivity contribution < 1.29 is 38.9 Å². The van der Waals surface area contributed by atoms with Crippen LogP contribution in [0.5, 0.6) is 5.75 Å². The van der Waals surface area contributed by atoms with E-state index in [0.29, 0.717) is 37.1 Å². The van der Waals surface area contributed by atoms with Gasteiger partial charge in [0, 0.05) is 80.3 Å². The van der Waals surface area contributed by atoms with Crippen LogP contribution in [0.25, 0.3) is 33.3 Å². The van der Waals surface area contributed by atoms with Gasteiger partial charge in [0.05, 0.1) is 18.2 Å². The van der Waals surface area contributed by atoms with E-state index in [4.69, 9.17) is 4.74 Å². The first-order chi connectivity index (χ1) is 30.3. The highest BCUT2D eigenvalue weighted by molar-refractivity contribution is 5.96. The Morgan fingerprint density at radius 3 is 2.58 bits per heavy atom. The molecule has 340 valence electrons. The van der Waals surface area contributed by atoms with Crippen molar-refractivity contribution in [1.29, 1.82) is 0 Å². The minimum atomic E-state index is -2.25. The molecule has 4 atom stereocenters. The molecule has 15 heteroatoms. The molecule has 4 amide bonds. The molecule has 3 aliphatic rings. The highest BCUT2D eigenvalue weighted by Crippen LogP contribution is 2.41. The Labute approximate surface area is 374 Å². The van der Waals surface area contributed by atoms with Gasteiger partial charge in [-0.05, 0) is 103 Å². The summed E-state index contributed by atoms with van der Waals surface area (Å²) in [5.74, 6) is -3.67. The van der Waals surface area contributed by atoms with Crippen LogP contribution < -0.4 is 10.7 Å². The number of nitrogens with zero attached hydrogens (tertiary/aromatic N) is 5. The molecule has 0 aliphatic carbocycles. The number of hydrazine groups is 1. The van der Waals surface area contributed by atoms with Gasteiger partial charge in [-0.1, -0.05) is 46.4 Å². The zero-order valence-corrected chi connectivity index (χ0v) is 37.9. The molecule has 4 aromatic rings. The van der Waals surface area contributed by atoms with Crippen molar-refractivity contribution in [3.63, 3.8) is 0 Å². The number of amides is 4. The number of aromatic hydroxyl groups is 1. The molecule has 0 saturated carbocycles. The number of ether oxygens (including phenoxy) is 1. The van der Waals surface area contributed by atoms with E-state index in [1.165, 1.54) is 11.0 Å². The molecule has 15 nitrogen and oxygen atoms in total. The molecule has 3 aliphatic heterocycles. The number of benzene rings is 2. The number of cyclic esters (lactones) is 1. The number of aliphatic hydroxyl groups is 1. The van der Waals surface area contributed by atoms with Crippen molar-refractivity contribution in [2.24, 2.45) is 17.3 Å². The van der Waals surface area contributed by atoms with E-state index in [9.17, 15) is 34.2 Å². The Kier molecular flexibility index (Phi) is 13.1. The van der Waals surface area contributed by atoms with E-state index in [2.05, 4.69) is 52.9 Å². The fourth-order valence-corrected chi connectivity index (χ4v) is 9.66. The number of carbonyl (C=O) groups is 5. The lowest BCUT2D eigenvalue weighted by atomic mass is 9.84. The zero-order valence-electron chi connectivity index (χ0n) is 37.9. The third-order valence-electron chi connectivity index (χ3n) is 12.9. The van der Waals surface area contributed by atoms with Gasteiger partial charge >= 0.3 is 5.97 Å². The fourth-order valence-electron chi connectivity index (χ4n) is 9.66. The molecular formula is C49H61N7O8. The number of carbonyl (C=O) groups excluding carboxylic acids is 5. The highest BCUT2D eigenvalue weighted by atomic mass is 16.6. The fraction of sp³-hybridized carbons (Fsp3) is 0.469. The maximum absolute atomic E-state index is 14.7. The predicted molar refractivity (Wildman–Crippen MR) is 242 cm³/mol. The van der Waals surface area contributed by atoms with Crippen molar-refractivity contribution in [3.8, 4) is 28.1 Å². The number of fused-ring (bicyclic) bond motifs is 6. The van der Waals surface area contributed by atoms with Crippen molar-refractivity contribution in [2.75, 3.05) is 33.3 Å². The summed E-state index contributed by atoms with van der Waals surface area (Å²) in [6, 6.07) is 11.0. The lowest BCUT2D eigenvalue weighted by Gasteiger charge is -2.40. The van der Waals surface area contributed by atoms with E-state index in [1.807, 2.05) is 38.2 Å². The number of aryl methyl sites for hydroxylation is 2. The molecule has 0 radical (unpaired) electrons. The summed E-state index contributed by atoms with van der Waals surface area (Å²) in [4.78, 5) is 76.7. The lowest BCUT2D eigenvalue weighted by molar-refractivity contribution is -0.189. The number of hydrogen-bond donors (Lipinski definition) is 4. The number of aromatic nitrogens is 2. The number of rotatable bonds is 8. The summed E-state index contributed by atoms with van der Waals surface area (Å²) in [5, 5.41) is 28.1. The van der Waals surface area contributed by atoms with Crippen LogP contribution in [0.1, 0.15) is 70.6 Å². The monoisotopic (exact) mass is 875 g/mol. The Morgan fingerprint density at radius 2 is 1.88 bits per heavy atom. The van der Waals surface area contributed by atoms with Gasteiger partial charge in [-0.15, -0.1) is 0 Å². The van der Waals surface area contributed by atoms with Gasteiger partial charge < -0.3 is 34.6 Å². The molecule has 2 aromatic carbocycles. The SMILES string of the molecule is C=CC(=O)N1CC[C@H](C(=O)N(C)[C@H](C(=O)N[C@H]2Cc3cc(O)cc(c3)-c3ccc4c(c3)c(c(-c3cnccc3C)n4CC)CC(C)(C)COC(=O)[C@@]3(O)CCCN(N3)C2=O)C(C)C)C1. The minimum absolute atomic E-state index is 0.0283. The molecule has 64 heavy (non-hydrogen) atoms. The first-order valence-corrected chi connectivity index (χ1v) is 22.2. The van der Waals surface area contributed by atoms with Gasteiger partial charge in [-0.2, -0.15) is 5.43 Å². The highest BCUT2D eigenvalue weighted by Gasteiger charge is 2.46. The van der Waals surface area contributed by atoms with Crippen molar-refractivity contribution in [3.05, 3.63) is 84.2 Å². The van der Waals surface area contributed by atoms with Crippen LogP contribution in [0.2, 0.25) is 0 Å². The van der Waals surface area contributed by atoms with Gasteiger partial charge in [0.25, 0.3) is 5.91 Å². The first kappa shape index (κ1) is 45.9. The number of phenols is 1. The average molecular weight is 876 g/mol. The normalized spacial score (nSPS) is 21.9. The molecular weight excluding hydrogens is 815 g/mol. The average Bonchev–Trinajstić information content (AvgIpc) is 3.87. The van der Waals surface area contributed by atoms with Crippen LogP contribution in [0, 0.1) is 24.2 Å². The largest absolute Gasteiger partial charge is 0.508 e. The van der Waals surface area contributed by atoms with E-state index in [0.717, 1.165) is 43.9 Å². The second-order valence-corrected chi connectivity index (χ2v) is 18.7. The van der Waals surface area contributed by atoms with Gasteiger partial charge in [0.2, 0.25) is 23.4 Å². The van der Waals surface area contributed by atoms with Crippen molar-refractivity contribution >= 4 is 40.5 Å². The maximum atomic E-state index is 14.7. The van der Waals surface area contributed by atoms with Crippen LogP contribution >= 0.6 is 0 Å². The summed E-state index contributed by atoms with van der Waals surface area (Å²) in [6.45, 7) is 16.6. The molecule has 2 fully saturated rings. The number of nitrogens with one attached hydrogen (secondary N) is 2. The second kappa shape index (κ2) is 18.2. The van der Waals surface area contributed by atoms with Crippen LogP contribution in [-0.4, -0.2) is 115 Å². The van der Waals surface area contributed by atoms with Crippen molar-refractivity contribution in [1.82, 2.24) is 35.1 Å². The summed E-state index contributed by atoms with van der Waals surface area (Å²) in [5.41, 5.74) is 6.97. The van der Waals surface area contributed by atoms with E-state index >= 15 is 0 Å². The lowest BCUT2D eigenvalue weighted by Crippen LogP contribution is -2.67. The molecule has 6 bridgehead atoms. The number of phenolic OH excluding ortho intramolecular Hbond substituents is 1. The Balaban J connectivity index is 1.31. The van der Waals surface area contributed by atoms with Gasteiger partial charge in [-0.25, -0.2) is 4.79 Å². The smallest absolute Gasteiger partial charge is 0.355 e. The van der Waals surface area contributed by atoms with Crippen molar-refractivity contribution in [2.45, 2.75) is 98.0 Å². The Bertz CT molecular complexity index is 2500. The molecule has 7 rings (SSSR count). The van der Waals surface area contributed by atoms with Crippen LogP contribution in [0.4, 0.5) is 0 Å². The third kappa shape index (κ3) is 9.14. The molecule has 2 saturated heterocycles. The molecule has 5 heterocycles. The summed E-state index contributed by atoms with van der Waals surface area (Å²) in [6.07, 6.45) is 5.91.